The number of esters is 1. The average molecular weight is 596 g/mol. The first-order valence-corrected chi connectivity index (χ1v) is 14.3. The predicted molar refractivity (Wildman–Crippen MR) is 154 cm³/mol. The third-order valence-corrected chi connectivity index (χ3v) is 8.07. The van der Waals surface area contributed by atoms with Gasteiger partial charge in [0, 0.05) is 27.8 Å². The maximum Gasteiger partial charge on any atom is 0.325 e. The molecular weight excluding hydrogens is 549 g/mol. The van der Waals surface area contributed by atoms with Crippen molar-refractivity contribution in [2.75, 3.05) is 53.3 Å². The molecule has 6 unspecified atom stereocenters. The summed E-state index contributed by atoms with van der Waals surface area (Å²) in [4.78, 5) is 58.1. The van der Waals surface area contributed by atoms with E-state index in [1.165, 1.54) is 33.5 Å². The van der Waals surface area contributed by atoms with Gasteiger partial charge in [0.2, 0.25) is 23.7 Å². The zero-order valence-electron chi connectivity index (χ0n) is 25.7. The largest absolute Gasteiger partial charge is 0.468 e. The van der Waals surface area contributed by atoms with Crippen LogP contribution in [0.2, 0.25) is 0 Å². The number of pyridine rings is 1. The third kappa shape index (κ3) is 9.35. The molecule has 0 bridgehead atoms. The van der Waals surface area contributed by atoms with Gasteiger partial charge in [-0.3, -0.25) is 19.2 Å². The van der Waals surface area contributed by atoms with Gasteiger partial charge in [-0.15, -0.1) is 0 Å². The number of methoxy groups -OCH3 is 3. The first kappa shape index (κ1) is 34.9. The van der Waals surface area contributed by atoms with E-state index >= 15 is 0 Å². The summed E-state index contributed by atoms with van der Waals surface area (Å²) in [5.41, 5.74) is 0. The lowest BCUT2D eigenvalue weighted by molar-refractivity contribution is -0.146. The highest BCUT2D eigenvalue weighted by Gasteiger charge is 2.41. The molecule has 236 valence electrons. The normalized spacial score (nSPS) is 18.4. The molecule has 0 saturated carbocycles. The van der Waals surface area contributed by atoms with E-state index < -0.39 is 36.1 Å². The average Bonchev–Trinajstić information content (AvgIpc) is 3.47. The summed E-state index contributed by atoms with van der Waals surface area (Å²) >= 11 is 0. The summed E-state index contributed by atoms with van der Waals surface area (Å²) in [6.07, 6.45) is 0.980. The summed E-state index contributed by atoms with van der Waals surface area (Å²) in [5, 5.41) is 5.41. The quantitative estimate of drug-likeness (QED) is 0.216. The Labute approximate surface area is 247 Å². The van der Waals surface area contributed by atoms with Gasteiger partial charge in [-0.1, -0.05) is 33.3 Å². The van der Waals surface area contributed by atoms with Crippen molar-refractivity contribution in [3.05, 3.63) is 24.1 Å². The van der Waals surface area contributed by atoms with Crippen LogP contribution in [0.4, 0.5) is 10.2 Å². The minimum Gasteiger partial charge on any atom is -0.468 e. The maximum absolute atomic E-state index is 13.7. The van der Waals surface area contributed by atoms with Crippen LogP contribution in [0, 0.1) is 17.8 Å². The van der Waals surface area contributed by atoms with Gasteiger partial charge in [0.1, 0.15) is 12.4 Å². The zero-order valence-corrected chi connectivity index (χ0v) is 25.7. The number of carbonyl (C=O) groups is 4. The Morgan fingerprint density at radius 1 is 1.14 bits per heavy atom. The number of likely N-dealkylation sites (N-methyl/N-ethyl adjacent to an activating group) is 1. The molecule has 1 aromatic rings. The number of likely N-dealkylation sites (tertiary alicyclic amines) is 1. The Bertz CT molecular complexity index is 1060. The van der Waals surface area contributed by atoms with Gasteiger partial charge in [0.25, 0.3) is 0 Å². The van der Waals surface area contributed by atoms with Gasteiger partial charge in [-0.2, -0.15) is 4.39 Å². The molecular formula is C29H46FN5O7. The van der Waals surface area contributed by atoms with Gasteiger partial charge in [0.05, 0.1) is 50.3 Å². The molecule has 0 spiro atoms. The number of ether oxygens (including phenoxy) is 3. The lowest BCUT2D eigenvalue weighted by atomic mass is 9.90. The van der Waals surface area contributed by atoms with Crippen LogP contribution in [-0.2, 0) is 33.4 Å². The summed E-state index contributed by atoms with van der Waals surface area (Å²) in [5.74, 6) is -2.39. The van der Waals surface area contributed by atoms with E-state index in [4.69, 9.17) is 9.47 Å². The third-order valence-electron chi connectivity index (χ3n) is 8.07. The number of halogens is 1. The number of amides is 3. The van der Waals surface area contributed by atoms with Gasteiger partial charge < -0.3 is 34.6 Å². The zero-order chi connectivity index (χ0) is 31.4. The van der Waals surface area contributed by atoms with E-state index in [-0.39, 0.29) is 55.0 Å². The van der Waals surface area contributed by atoms with Crippen molar-refractivity contribution in [1.82, 2.24) is 20.1 Å². The first-order valence-electron chi connectivity index (χ1n) is 14.3. The molecule has 1 aliphatic rings. The fraction of sp³-hybridized carbons (Fsp3) is 0.690. The van der Waals surface area contributed by atoms with Crippen molar-refractivity contribution in [3.63, 3.8) is 0 Å². The molecule has 1 aliphatic heterocycles. The summed E-state index contributed by atoms with van der Waals surface area (Å²) in [6, 6.07) is 3.54. The van der Waals surface area contributed by atoms with Crippen LogP contribution in [-0.4, -0.2) is 111 Å². The highest BCUT2D eigenvalue weighted by atomic mass is 19.1. The van der Waals surface area contributed by atoms with E-state index in [1.807, 2.05) is 13.8 Å². The molecule has 1 aromatic heterocycles. The van der Waals surface area contributed by atoms with Crippen molar-refractivity contribution in [2.24, 2.45) is 11.8 Å². The molecule has 13 heteroatoms. The van der Waals surface area contributed by atoms with Crippen LogP contribution in [0.3, 0.4) is 0 Å². The fourth-order valence-corrected chi connectivity index (χ4v) is 5.52. The molecule has 3 amide bonds. The van der Waals surface area contributed by atoms with Crippen LogP contribution in [0.25, 0.3) is 0 Å². The summed E-state index contributed by atoms with van der Waals surface area (Å²) in [6.45, 7) is 5.85. The predicted octanol–water partition coefficient (Wildman–Crippen LogP) is 1.84. The number of hydrogen-bond donors (Lipinski definition) is 2. The number of nitrogens with one attached hydrogen (secondary N) is 2. The number of aromatic nitrogens is 1. The fourth-order valence-electron chi connectivity index (χ4n) is 5.52. The topological polar surface area (TPSA) is 139 Å². The Balaban J connectivity index is 2.14. The van der Waals surface area contributed by atoms with Crippen molar-refractivity contribution in [2.45, 2.75) is 70.7 Å². The van der Waals surface area contributed by atoms with E-state index in [0.717, 1.165) is 12.8 Å². The highest BCUT2D eigenvalue weighted by Crippen LogP contribution is 2.29. The van der Waals surface area contributed by atoms with Gasteiger partial charge in [0.15, 0.2) is 0 Å². The highest BCUT2D eigenvalue weighted by molar-refractivity contribution is 5.84. The molecule has 0 aliphatic carbocycles. The number of anilines is 1. The minimum atomic E-state index is -0.650. The van der Waals surface area contributed by atoms with Gasteiger partial charge in [-0.05, 0) is 30.9 Å². The number of nitrogens with zero attached hydrogens (tertiary/aromatic N) is 3. The molecule has 42 heavy (non-hydrogen) atoms. The van der Waals surface area contributed by atoms with Crippen LogP contribution in [0.15, 0.2) is 18.2 Å². The molecule has 6 atom stereocenters. The maximum atomic E-state index is 13.7. The molecule has 12 nitrogen and oxygen atoms in total. The van der Waals surface area contributed by atoms with Crippen LogP contribution in [0.5, 0.6) is 0 Å². The lowest BCUT2D eigenvalue weighted by Gasteiger charge is -2.39. The molecule has 2 rings (SSSR count). The molecule has 2 heterocycles. The lowest BCUT2D eigenvalue weighted by Crippen LogP contribution is -2.54. The molecule has 1 fully saturated rings. The smallest absolute Gasteiger partial charge is 0.325 e. The second-order valence-electron chi connectivity index (χ2n) is 10.6. The van der Waals surface area contributed by atoms with Crippen LogP contribution >= 0.6 is 0 Å². The number of rotatable bonds is 16. The number of hydrogen-bond acceptors (Lipinski definition) is 9. The number of carbonyl (C=O) groups excluding carboxylic acids is 4. The van der Waals surface area contributed by atoms with E-state index in [0.29, 0.717) is 13.0 Å². The SMILES string of the molecule is CCC(C)C(C(CC(=O)N1CCCC1C(OC)C(C)C(=O)NCC(=O)OC)OC)N(C)C(=O)CNc1cccc(F)n1. The van der Waals surface area contributed by atoms with E-state index in [9.17, 15) is 23.6 Å². The Hall–Kier alpha value is -3.32. The van der Waals surface area contributed by atoms with Crippen molar-refractivity contribution in [3.8, 4) is 0 Å². The Kier molecular flexibility index (Phi) is 14.1. The molecule has 2 N–H and O–H groups in total. The van der Waals surface area contributed by atoms with Crippen LogP contribution in [0.1, 0.15) is 46.5 Å². The monoisotopic (exact) mass is 595 g/mol. The van der Waals surface area contributed by atoms with E-state index in [2.05, 4.69) is 20.4 Å². The second kappa shape index (κ2) is 17.0. The van der Waals surface area contributed by atoms with E-state index in [1.54, 1.807) is 29.8 Å². The van der Waals surface area contributed by atoms with Crippen molar-refractivity contribution >= 4 is 29.5 Å². The Morgan fingerprint density at radius 3 is 2.45 bits per heavy atom. The first-order chi connectivity index (χ1) is 20.0. The van der Waals surface area contributed by atoms with Crippen molar-refractivity contribution < 1.29 is 37.8 Å². The summed E-state index contributed by atoms with van der Waals surface area (Å²) < 4.78 is 29.6. The van der Waals surface area contributed by atoms with Crippen molar-refractivity contribution in [1.29, 1.82) is 0 Å². The Morgan fingerprint density at radius 2 is 1.86 bits per heavy atom. The van der Waals surface area contributed by atoms with Crippen LogP contribution < -0.4 is 10.6 Å². The minimum absolute atomic E-state index is 0.00335. The summed E-state index contributed by atoms with van der Waals surface area (Å²) in [7, 11) is 5.94. The van der Waals surface area contributed by atoms with Gasteiger partial charge in [-0.25, -0.2) is 4.98 Å². The second-order valence-corrected chi connectivity index (χ2v) is 10.6. The standard InChI is InChI=1S/C29H46FN5O7/c1-8-18(2)27(34(4)25(37)16-31-23-13-9-12-22(30)33-23)21(40-5)15-24(36)35-14-10-11-20(35)28(42-7)19(3)29(39)32-17-26(38)41-6/h9,12-13,18-21,27-28H,8,10-11,14-17H2,1-7H3,(H,31,33)(H,32,39). The molecule has 0 aromatic carbocycles. The molecule has 0 radical (unpaired) electrons. The van der Waals surface area contributed by atoms with Gasteiger partial charge >= 0.3 is 5.97 Å². The molecule has 1 saturated heterocycles.